The van der Waals surface area contributed by atoms with Crippen molar-refractivity contribution in [3.63, 3.8) is 0 Å². The van der Waals surface area contributed by atoms with Crippen LogP contribution in [-0.2, 0) is 22.2 Å². The number of aromatic nitrogens is 4. The first-order chi connectivity index (χ1) is 32.3. The van der Waals surface area contributed by atoms with E-state index >= 15 is 0 Å². The molecular formula is C49H60BrN10O6P. The highest BCUT2D eigenvalue weighted by Gasteiger charge is 2.32. The molecule has 9 rings (SSSR count). The Morgan fingerprint density at radius 3 is 2.46 bits per heavy atom. The number of ether oxygens (including phenoxy) is 1. The van der Waals surface area contributed by atoms with E-state index in [0.717, 1.165) is 116 Å². The van der Waals surface area contributed by atoms with Crippen LogP contribution in [0.5, 0.6) is 5.75 Å². The average Bonchev–Trinajstić information content (AvgIpc) is 3.64. The summed E-state index contributed by atoms with van der Waals surface area (Å²) in [6, 6.07) is 18.0. The number of piperazine rings is 1. The van der Waals surface area contributed by atoms with E-state index in [1.165, 1.54) is 10.3 Å². The molecule has 1 amide bonds. The lowest BCUT2D eigenvalue weighted by atomic mass is 10.00. The first-order valence-electron chi connectivity index (χ1n) is 23.4. The zero-order valence-electron chi connectivity index (χ0n) is 38.8. The third kappa shape index (κ3) is 10.1. The summed E-state index contributed by atoms with van der Waals surface area (Å²) in [5.74, 6) is 0.920. The molecule has 3 fully saturated rings. The van der Waals surface area contributed by atoms with Gasteiger partial charge in [0, 0.05) is 92.6 Å². The molecule has 3 aliphatic rings. The summed E-state index contributed by atoms with van der Waals surface area (Å²) in [6.45, 7) is 17.2. The molecule has 0 radical (unpaired) electrons. The molecule has 67 heavy (non-hydrogen) atoms. The molecule has 16 nitrogen and oxygen atoms in total. The highest BCUT2D eigenvalue weighted by molar-refractivity contribution is 9.10. The number of amides is 1. The second kappa shape index (κ2) is 19.7. The molecular weight excluding hydrogens is 935 g/mol. The molecule has 354 valence electrons. The molecule has 6 aromatic rings. The number of aliphatic hydroxyl groups excluding tert-OH is 1. The van der Waals surface area contributed by atoms with E-state index in [4.69, 9.17) is 19.1 Å². The summed E-state index contributed by atoms with van der Waals surface area (Å²) in [6.07, 6.45) is 5.04. The summed E-state index contributed by atoms with van der Waals surface area (Å²) < 4.78 is 27.7. The van der Waals surface area contributed by atoms with Gasteiger partial charge < -0.3 is 44.6 Å². The predicted molar refractivity (Wildman–Crippen MR) is 269 cm³/mol. The van der Waals surface area contributed by atoms with E-state index in [0.29, 0.717) is 52.1 Å². The van der Waals surface area contributed by atoms with Gasteiger partial charge in [-0.15, -0.1) is 0 Å². The highest BCUT2D eigenvalue weighted by Crippen LogP contribution is 2.42. The standard InChI is InChI=1S/C49H60BrN10O6P/c1-6-32-9-10-34-36(52-32)11-12-37(45(34)67(4,5)64)53-46-35(50)29-51-48(56-46)54-38-26-30(3)41(28-42(38)65-7-2)59-20-17-33(18-21-59)58-24-22-57(23-25-58)19-16-31-8-13-39-43(27-31)66-49(63)60(39)40-14-15-44(61)55-47(40)62/h8-13,26-29,33,40,47,62H,6-7,14-25H2,1-5H3,(H,55,61)(H2,51,53,54,56). The minimum Gasteiger partial charge on any atom is -0.492 e. The number of anilines is 5. The smallest absolute Gasteiger partial charge is 0.420 e. The Kier molecular flexibility index (Phi) is 13.8. The minimum atomic E-state index is -2.74. The number of hydrogen-bond donors (Lipinski definition) is 4. The van der Waals surface area contributed by atoms with Gasteiger partial charge in [0.05, 0.1) is 39.5 Å². The molecule has 4 N–H and O–H groups in total. The molecule has 2 unspecified atom stereocenters. The number of pyridine rings is 1. The van der Waals surface area contributed by atoms with Crippen LogP contribution in [0.25, 0.3) is 22.0 Å². The number of benzene rings is 3. The number of nitrogens with one attached hydrogen (secondary N) is 3. The number of fused-ring (bicyclic) bond motifs is 2. The van der Waals surface area contributed by atoms with Gasteiger partial charge in [-0.05, 0) is 123 Å². The van der Waals surface area contributed by atoms with Crippen LogP contribution < -0.4 is 36.6 Å². The van der Waals surface area contributed by atoms with Gasteiger partial charge in [0.1, 0.15) is 24.9 Å². The molecule has 0 aliphatic carbocycles. The maximum absolute atomic E-state index is 13.7. The lowest BCUT2D eigenvalue weighted by Gasteiger charge is -2.43. The van der Waals surface area contributed by atoms with E-state index in [1.807, 2.05) is 49.4 Å². The first-order valence-corrected chi connectivity index (χ1v) is 26.8. The Morgan fingerprint density at radius 2 is 1.73 bits per heavy atom. The number of halogens is 1. The number of carbonyl (C=O) groups excluding carboxylic acids is 1. The molecule has 3 saturated heterocycles. The van der Waals surface area contributed by atoms with Crippen LogP contribution >= 0.6 is 23.1 Å². The molecule has 3 aromatic heterocycles. The van der Waals surface area contributed by atoms with Crippen LogP contribution in [0.4, 0.5) is 28.8 Å². The third-order valence-corrected chi connectivity index (χ3v) is 15.6. The van der Waals surface area contributed by atoms with E-state index < -0.39 is 25.2 Å². The number of hydrogen-bond acceptors (Lipinski definition) is 14. The molecule has 3 aliphatic heterocycles. The van der Waals surface area contributed by atoms with Crippen molar-refractivity contribution in [3.05, 3.63) is 92.6 Å². The zero-order chi connectivity index (χ0) is 47.0. The average molecular weight is 996 g/mol. The van der Waals surface area contributed by atoms with Crippen molar-refractivity contribution < 1.29 is 23.6 Å². The van der Waals surface area contributed by atoms with Crippen molar-refractivity contribution in [2.75, 3.05) is 81.3 Å². The van der Waals surface area contributed by atoms with Gasteiger partial charge in [-0.1, -0.05) is 19.1 Å². The molecule has 0 spiro atoms. The maximum atomic E-state index is 13.7. The fourth-order valence-electron chi connectivity index (χ4n) is 9.96. The monoisotopic (exact) mass is 994 g/mol. The Hall–Kier alpha value is -5.32. The van der Waals surface area contributed by atoms with Gasteiger partial charge in [0.2, 0.25) is 11.9 Å². The van der Waals surface area contributed by atoms with Gasteiger partial charge in [-0.2, -0.15) is 4.98 Å². The van der Waals surface area contributed by atoms with Gasteiger partial charge in [-0.25, -0.2) is 9.78 Å². The Bertz CT molecular complexity index is 2900. The summed E-state index contributed by atoms with van der Waals surface area (Å²) in [5.41, 5.74) is 7.82. The SMILES string of the molecule is CCOc1cc(N2CCC(N3CCN(CCc4ccc5c(c4)oc(=O)n5C4CCC(=O)NC4O)CC3)CC2)c(C)cc1Nc1ncc(Br)c(Nc2ccc3nc(CC)ccc3c2P(C)(C)=O)n1. The number of nitrogens with zero attached hydrogens (tertiary/aromatic N) is 7. The fourth-order valence-corrected chi connectivity index (χ4v) is 11.7. The van der Waals surface area contributed by atoms with Crippen molar-refractivity contribution in [1.82, 2.24) is 34.6 Å². The lowest BCUT2D eigenvalue weighted by molar-refractivity contribution is -0.128. The predicted octanol–water partition coefficient (Wildman–Crippen LogP) is 7.30. The van der Waals surface area contributed by atoms with Crippen molar-refractivity contribution in [2.24, 2.45) is 0 Å². The topological polar surface area (TPSA) is 183 Å². The van der Waals surface area contributed by atoms with Gasteiger partial charge in [0.15, 0.2) is 5.58 Å². The van der Waals surface area contributed by atoms with Crippen LogP contribution in [0.15, 0.2) is 74.5 Å². The lowest BCUT2D eigenvalue weighted by Crippen LogP contribution is -2.53. The van der Waals surface area contributed by atoms with E-state index in [-0.39, 0.29) is 12.3 Å². The molecule has 0 bridgehead atoms. The Labute approximate surface area is 399 Å². The van der Waals surface area contributed by atoms with E-state index in [2.05, 4.69) is 77.5 Å². The largest absolute Gasteiger partial charge is 0.492 e. The molecule has 18 heteroatoms. The van der Waals surface area contributed by atoms with Gasteiger partial charge in [0.25, 0.3) is 0 Å². The second-order valence-electron chi connectivity index (χ2n) is 18.2. The number of aryl methyl sites for hydroxylation is 2. The Morgan fingerprint density at radius 1 is 0.940 bits per heavy atom. The number of rotatable bonds is 14. The zero-order valence-corrected chi connectivity index (χ0v) is 41.3. The summed E-state index contributed by atoms with van der Waals surface area (Å²) in [7, 11) is -2.74. The van der Waals surface area contributed by atoms with Crippen molar-refractivity contribution in [2.45, 2.75) is 77.6 Å². The molecule has 6 heterocycles. The van der Waals surface area contributed by atoms with E-state index in [9.17, 15) is 19.3 Å². The molecule has 2 atom stereocenters. The van der Waals surface area contributed by atoms with Crippen LogP contribution in [0, 0.1) is 6.92 Å². The number of aliphatic hydroxyl groups is 1. The summed E-state index contributed by atoms with van der Waals surface area (Å²) in [4.78, 5) is 46.4. The van der Waals surface area contributed by atoms with Gasteiger partial charge >= 0.3 is 5.76 Å². The van der Waals surface area contributed by atoms with Gasteiger partial charge in [-0.3, -0.25) is 19.2 Å². The highest BCUT2D eigenvalue weighted by atomic mass is 79.9. The number of oxazole rings is 1. The Balaban J connectivity index is 0.801. The second-order valence-corrected chi connectivity index (χ2v) is 22.3. The summed E-state index contributed by atoms with van der Waals surface area (Å²) in [5, 5.41) is 21.4. The van der Waals surface area contributed by atoms with Crippen LogP contribution in [-0.4, -0.2) is 118 Å². The van der Waals surface area contributed by atoms with Crippen molar-refractivity contribution in [3.8, 4) is 5.75 Å². The molecule has 0 saturated carbocycles. The quantitative estimate of drug-likeness (QED) is 0.0798. The number of piperidine rings is 2. The van der Waals surface area contributed by atoms with Crippen molar-refractivity contribution in [1.29, 1.82) is 0 Å². The normalized spacial score (nSPS) is 19.0. The fraction of sp³-hybridized carbons (Fsp3) is 0.449. The van der Waals surface area contributed by atoms with E-state index in [1.54, 1.807) is 19.5 Å². The summed E-state index contributed by atoms with van der Waals surface area (Å²) >= 11 is 3.63. The van der Waals surface area contributed by atoms with Crippen LogP contribution in [0.1, 0.15) is 62.4 Å². The number of carbonyl (C=O) groups is 1. The molecule has 3 aromatic carbocycles. The maximum Gasteiger partial charge on any atom is 0.420 e. The minimum absolute atomic E-state index is 0.221. The first kappa shape index (κ1) is 46.8. The van der Waals surface area contributed by atoms with Crippen LogP contribution in [0.2, 0.25) is 0 Å². The van der Waals surface area contributed by atoms with Crippen LogP contribution in [0.3, 0.4) is 0 Å². The third-order valence-electron chi connectivity index (χ3n) is 13.4. The van der Waals surface area contributed by atoms with Crippen molar-refractivity contribution >= 4 is 85.1 Å².